The minimum atomic E-state index is 0.0140. The summed E-state index contributed by atoms with van der Waals surface area (Å²) in [5.41, 5.74) is 3.43. The number of pyridine rings is 1. The number of anilines is 2. The third-order valence-corrected chi connectivity index (χ3v) is 7.51. The van der Waals surface area contributed by atoms with Crippen molar-refractivity contribution in [2.75, 3.05) is 42.9 Å². The zero-order chi connectivity index (χ0) is 27.0. The summed E-state index contributed by atoms with van der Waals surface area (Å²) in [6.45, 7) is 8.59. The number of nitrogens with zero attached hydrogens (tertiary/aromatic N) is 7. The van der Waals surface area contributed by atoms with Crippen LogP contribution in [0.25, 0.3) is 11.2 Å². The molecule has 1 saturated heterocycles. The summed E-state index contributed by atoms with van der Waals surface area (Å²) in [5.74, 6) is 2.06. The fourth-order valence-electron chi connectivity index (χ4n) is 5.06. The Hall–Kier alpha value is -4.01. The van der Waals surface area contributed by atoms with Crippen molar-refractivity contribution in [3.8, 4) is 0 Å². The first-order valence-electron chi connectivity index (χ1n) is 14.1. The highest BCUT2D eigenvalue weighted by atomic mass is 16.2. The van der Waals surface area contributed by atoms with Gasteiger partial charge in [0.2, 0.25) is 5.95 Å². The van der Waals surface area contributed by atoms with Gasteiger partial charge >= 0.3 is 0 Å². The van der Waals surface area contributed by atoms with Crippen LogP contribution in [0.15, 0.2) is 61.2 Å². The van der Waals surface area contributed by atoms with Gasteiger partial charge in [-0.05, 0) is 30.0 Å². The standard InChI is InChI=1S/C30H38N8O/c1-3-5-10-23(4-2)19-32-27-26-28(38(22-33-26)21-24-11-7-6-8-12-24)35-30(34-27)37-17-15-36(16-18-37)29(39)25-13-9-14-31-20-25/h6-9,11-14,20,22-23H,3-5,10,15-19,21H2,1-2H3,(H,32,34,35). The Kier molecular flexibility index (Phi) is 8.65. The summed E-state index contributed by atoms with van der Waals surface area (Å²) in [6.07, 6.45) is 9.94. The van der Waals surface area contributed by atoms with Gasteiger partial charge in [-0.15, -0.1) is 0 Å². The highest BCUT2D eigenvalue weighted by molar-refractivity contribution is 5.94. The molecule has 1 N–H and O–H groups in total. The average Bonchev–Trinajstić information content (AvgIpc) is 3.40. The Morgan fingerprint density at radius 3 is 2.56 bits per heavy atom. The molecule has 3 aromatic heterocycles. The van der Waals surface area contributed by atoms with Crippen molar-refractivity contribution in [1.29, 1.82) is 0 Å². The smallest absolute Gasteiger partial charge is 0.255 e. The highest BCUT2D eigenvalue weighted by Gasteiger charge is 2.25. The Morgan fingerprint density at radius 1 is 1.03 bits per heavy atom. The lowest BCUT2D eigenvalue weighted by molar-refractivity contribution is 0.0746. The topological polar surface area (TPSA) is 92.1 Å². The van der Waals surface area contributed by atoms with Gasteiger partial charge in [0, 0.05) is 45.1 Å². The number of rotatable bonds is 11. The van der Waals surface area contributed by atoms with Crippen LogP contribution < -0.4 is 10.2 Å². The Bertz CT molecular complexity index is 1350. The molecule has 1 atom stereocenters. The van der Waals surface area contributed by atoms with E-state index in [0.717, 1.165) is 29.9 Å². The Morgan fingerprint density at radius 2 is 1.85 bits per heavy atom. The molecule has 1 unspecified atom stereocenters. The average molecular weight is 527 g/mol. The van der Waals surface area contributed by atoms with Crippen LogP contribution in [0.2, 0.25) is 0 Å². The zero-order valence-corrected chi connectivity index (χ0v) is 23.0. The van der Waals surface area contributed by atoms with Crippen LogP contribution in [0.3, 0.4) is 0 Å². The maximum Gasteiger partial charge on any atom is 0.255 e. The van der Waals surface area contributed by atoms with Gasteiger partial charge in [0.1, 0.15) is 0 Å². The number of piperazine rings is 1. The van der Waals surface area contributed by atoms with Crippen LogP contribution in [-0.2, 0) is 6.54 Å². The Labute approximate surface area is 230 Å². The van der Waals surface area contributed by atoms with Crippen LogP contribution in [-0.4, -0.2) is 68.0 Å². The van der Waals surface area contributed by atoms with Crippen LogP contribution >= 0.6 is 0 Å². The van der Waals surface area contributed by atoms with Crippen molar-refractivity contribution in [2.24, 2.45) is 5.92 Å². The van der Waals surface area contributed by atoms with E-state index in [-0.39, 0.29) is 5.91 Å². The molecule has 0 bridgehead atoms. The van der Waals surface area contributed by atoms with E-state index in [2.05, 4.69) is 57.9 Å². The lowest BCUT2D eigenvalue weighted by Crippen LogP contribution is -2.49. The summed E-state index contributed by atoms with van der Waals surface area (Å²) in [6, 6.07) is 14.0. The lowest BCUT2D eigenvalue weighted by Gasteiger charge is -2.34. The van der Waals surface area contributed by atoms with E-state index in [1.807, 2.05) is 23.4 Å². The fraction of sp³-hybridized carbons (Fsp3) is 0.433. The van der Waals surface area contributed by atoms with Gasteiger partial charge in [0.05, 0.1) is 18.4 Å². The SMILES string of the molecule is CCCCC(CC)CNc1nc(N2CCN(C(=O)c3cccnc3)CC2)nc2c1ncn2Cc1ccccc1. The monoisotopic (exact) mass is 526 g/mol. The number of carbonyl (C=O) groups excluding carboxylic acids is 1. The molecule has 0 saturated carbocycles. The van der Waals surface area contributed by atoms with Crippen LogP contribution in [0.1, 0.15) is 55.5 Å². The summed E-state index contributed by atoms with van der Waals surface area (Å²) < 4.78 is 2.09. The summed E-state index contributed by atoms with van der Waals surface area (Å²) in [5, 5.41) is 3.63. The van der Waals surface area contributed by atoms with Gasteiger partial charge in [-0.25, -0.2) is 4.98 Å². The molecule has 9 nitrogen and oxygen atoms in total. The van der Waals surface area contributed by atoms with Gasteiger partial charge in [-0.2, -0.15) is 9.97 Å². The number of imidazole rings is 1. The van der Waals surface area contributed by atoms with Crippen molar-refractivity contribution >= 4 is 28.8 Å². The number of nitrogens with one attached hydrogen (secondary N) is 1. The number of amides is 1. The van der Waals surface area contributed by atoms with Gasteiger partial charge in [0.25, 0.3) is 5.91 Å². The third kappa shape index (κ3) is 6.35. The van der Waals surface area contributed by atoms with Crippen molar-refractivity contribution in [1.82, 2.24) is 29.4 Å². The Balaban J connectivity index is 1.38. The fourth-order valence-corrected chi connectivity index (χ4v) is 5.06. The minimum absolute atomic E-state index is 0.0140. The molecule has 5 rings (SSSR count). The van der Waals surface area contributed by atoms with E-state index in [0.29, 0.717) is 50.2 Å². The minimum Gasteiger partial charge on any atom is -0.368 e. The number of hydrogen-bond donors (Lipinski definition) is 1. The number of unbranched alkanes of at least 4 members (excludes halogenated alkanes) is 1. The molecule has 4 aromatic rings. The molecular weight excluding hydrogens is 488 g/mol. The third-order valence-electron chi connectivity index (χ3n) is 7.51. The maximum atomic E-state index is 12.9. The lowest BCUT2D eigenvalue weighted by atomic mass is 9.99. The van der Waals surface area contributed by atoms with Crippen LogP contribution in [0.4, 0.5) is 11.8 Å². The van der Waals surface area contributed by atoms with E-state index in [1.165, 1.54) is 24.8 Å². The first-order chi connectivity index (χ1) is 19.2. The predicted molar refractivity (Wildman–Crippen MR) is 155 cm³/mol. The van der Waals surface area contributed by atoms with Crippen LogP contribution in [0.5, 0.6) is 0 Å². The molecule has 1 aliphatic rings. The molecule has 0 spiro atoms. The maximum absolute atomic E-state index is 12.9. The quantitative estimate of drug-likeness (QED) is 0.298. The van der Waals surface area contributed by atoms with E-state index in [4.69, 9.17) is 15.0 Å². The van der Waals surface area contributed by atoms with Gasteiger partial charge in [-0.1, -0.05) is 63.4 Å². The first-order valence-corrected chi connectivity index (χ1v) is 14.1. The molecule has 204 valence electrons. The number of benzene rings is 1. The molecule has 39 heavy (non-hydrogen) atoms. The van der Waals surface area contributed by atoms with Crippen molar-refractivity contribution in [3.63, 3.8) is 0 Å². The number of carbonyl (C=O) groups is 1. The molecule has 9 heteroatoms. The molecule has 0 aliphatic carbocycles. The van der Waals surface area contributed by atoms with Crippen LogP contribution in [0, 0.1) is 5.92 Å². The molecule has 0 radical (unpaired) electrons. The molecule has 1 aliphatic heterocycles. The van der Waals surface area contributed by atoms with Gasteiger partial charge in [0.15, 0.2) is 17.0 Å². The van der Waals surface area contributed by atoms with Crippen molar-refractivity contribution < 1.29 is 4.79 Å². The second-order valence-corrected chi connectivity index (χ2v) is 10.2. The highest BCUT2D eigenvalue weighted by Crippen LogP contribution is 2.25. The number of hydrogen-bond acceptors (Lipinski definition) is 7. The summed E-state index contributed by atoms with van der Waals surface area (Å²) >= 11 is 0. The van der Waals surface area contributed by atoms with Gasteiger partial charge in [-0.3, -0.25) is 9.78 Å². The van der Waals surface area contributed by atoms with Gasteiger partial charge < -0.3 is 19.7 Å². The summed E-state index contributed by atoms with van der Waals surface area (Å²) in [4.78, 5) is 35.8. The number of fused-ring (bicyclic) bond motifs is 1. The molecule has 1 fully saturated rings. The molecule has 4 heterocycles. The molecular formula is C30H38N8O. The second-order valence-electron chi connectivity index (χ2n) is 10.2. The molecule has 1 aromatic carbocycles. The number of aromatic nitrogens is 5. The van der Waals surface area contributed by atoms with E-state index < -0.39 is 0 Å². The molecule has 1 amide bonds. The van der Waals surface area contributed by atoms with Crippen molar-refractivity contribution in [2.45, 2.75) is 46.1 Å². The van der Waals surface area contributed by atoms with E-state index in [9.17, 15) is 4.79 Å². The summed E-state index contributed by atoms with van der Waals surface area (Å²) in [7, 11) is 0. The largest absolute Gasteiger partial charge is 0.368 e. The van der Waals surface area contributed by atoms with E-state index in [1.54, 1.807) is 18.5 Å². The van der Waals surface area contributed by atoms with E-state index >= 15 is 0 Å². The van der Waals surface area contributed by atoms with Crippen molar-refractivity contribution in [3.05, 3.63) is 72.3 Å². The predicted octanol–water partition coefficient (Wildman–Crippen LogP) is 4.86. The zero-order valence-electron chi connectivity index (χ0n) is 23.0. The second kappa shape index (κ2) is 12.7. The first kappa shape index (κ1) is 26.6. The normalized spacial score (nSPS) is 14.5.